The molecule has 0 saturated carbocycles. The number of carboxylic acid groups (broad SMARTS) is 1. The molecule has 0 bridgehead atoms. The van der Waals surface area contributed by atoms with E-state index in [2.05, 4.69) is 20.8 Å². The Bertz CT molecular complexity index is 490. The molecule has 1 aromatic carbocycles. The molecule has 0 aliphatic rings. The van der Waals surface area contributed by atoms with Crippen LogP contribution in [0.5, 0.6) is 17.2 Å². The number of aromatic carboxylic acids is 1. The van der Waals surface area contributed by atoms with Crippen LogP contribution in [0.15, 0.2) is 12.1 Å². The normalized spacial score (nSPS) is 10.5. The molecule has 0 spiro atoms. The van der Waals surface area contributed by atoms with Crippen LogP contribution >= 0.6 is 0 Å². The molecule has 6 heteroatoms. The van der Waals surface area contributed by atoms with Crippen LogP contribution in [0.3, 0.4) is 0 Å². The number of phenolic OH excluding ortho intramolecular Hbond substituents is 3. The number of hydrogen-bond donors (Lipinski definition) is 4. The molecule has 0 atom stereocenters. The van der Waals surface area contributed by atoms with Crippen LogP contribution in [-0.2, 0) is 4.74 Å². The fourth-order valence-electron chi connectivity index (χ4n) is 2.13. The molecule has 26 heavy (non-hydrogen) atoms. The maximum absolute atomic E-state index is 10.3. The Balaban J connectivity index is 0.000000485. The summed E-state index contributed by atoms with van der Waals surface area (Å²) in [5.41, 5.74) is -0.289. The van der Waals surface area contributed by atoms with Gasteiger partial charge < -0.3 is 25.2 Å². The van der Waals surface area contributed by atoms with E-state index in [-0.39, 0.29) is 5.56 Å². The van der Waals surface area contributed by atoms with E-state index < -0.39 is 23.2 Å². The van der Waals surface area contributed by atoms with Gasteiger partial charge in [-0.3, -0.25) is 0 Å². The standard InChI is InChI=1S/C13H28O.C7H6O5/c1-4-5-6-7-8-9-11-14-12-10-13(2)3;8-4-1-3(7(11)12)2-5(9)6(4)10/h13H,4-12H2,1-3H3;1-2,8-10H,(H,11,12). The molecule has 0 aromatic heterocycles. The van der Waals surface area contributed by atoms with Gasteiger partial charge in [-0.25, -0.2) is 4.79 Å². The number of hydrogen-bond acceptors (Lipinski definition) is 5. The average molecular weight is 370 g/mol. The Hall–Kier alpha value is -1.95. The monoisotopic (exact) mass is 370 g/mol. The maximum atomic E-state index is 10.3. The third-order valence-corrected chi connectivity index (χ3v) is 3.80. The molecule has 0 unspecified atom stereocenters. The lowest BCUT2D eigenvalue weighted by Gasteiger charge is -2.06. The smallest absolute Gasteiger partial charge is 0.335 e. The Morgan fingerprint density at radius 2 is 1.50 bits per heavy atom. The Morgan fingerprint density at radius 3 is 2.00 bits per heavy atom. The molecule has 0 aliphatic carbocycles. The van der Waals surface area contributed by atoms with E-state index in [9.17, 15) is 4.79 Å². The van der Waals surface area contributed by atoms with Gasteiger partial charge >= 0.3 is 5.97 Å². The van der Waals surface area contributed by atoms with E-state index in [1.165, 1.54) is 44.9 Å². The number of benzene rings is 1. The van der Waals surface area contributed by atoms with Gasteiger partial charge in [0.25, 0.3) is 0 Å². The summed E-state index contributed by atoms with van der Waals surface area (Å²) in [7, 11) is 0. The van der Waals surface area contributed by atoms with E-state index in [0.29, 0.717) is 0 Å². The second kappa shape index (κ2) is 14.2. The van der Waals surface area contributed by atoms with Gasteiger partial charge in [-0.05, 0) is 30.9 Å². The first kappa shape index (κ1) is 24.1. The molecule has 0 fully saturated rings. The number of ether oxygens (including phenoxy) is 1. The van der Waals surface area contributed by atoms with Gasteiger partial charge in [-0.2, -0.15) is 0 Å². The molecule has 4 N–H and O–H groups in total. The first-order valence-corrected chi connectivity index (χ1v) is 9.35. The molecule has 0 amide bonds. The predicted molar refractivity (Wildman–Crippen MR) is 102 cm³/mol. The van der Waals surface area contributed by atoms with Crippen molar-refractivity contribution < 1.29 is 30.0 Å². The number of rotatable bonds is 11. The number of unbranched alkanes of at least 4 members (excludes halogenated alkanes) is 5. The average Bonchev–Trinajstić information content (AvgIpc) is 2.58. The van der Waals surface area contributed by atoms with Crippen molar-refractivity contribution in [3.05, 3.63) is 17.7 Å². The molecular weight excluding hydrogens is 336 g/mol. The number of carbonyl (C=O) groups is 1. The van der Waals surface area contributed by atoms with Gasteiger partial charge in [-0.1, -0.05) is 52.9 Å². The van der Waals surface area contributed by atoms with Gasteiger partial charge in [0.2, 0.25) is 0 Å². The molecule has 0 aliphatic heterocycles. The van der Waals surface area contributed by atoms with Crippen LogP contribution in [0, 0.1) is 5.92 Å². The largest absolute Gasteiger partial charge is 0.504 e. The summed E-state index contributed by atoms with van der Waals surface area (Å²) in [4.78, 5) is 10.3. The molecule has 0 radical (unpaired) electrons. The molecular formula is C20H34O6. The van der Waals surface area contributed by atoms with Crippen molar-refractivity contribution in [2.75, 3.05) is 13.2 Å². The van der Waals surface area contributed by atoms with Crippen LogP contribution in [0.1, 0.15) is 76.1 Å². The number of carboxylic acids is 1. The van der Waals surface area contributed by atoms with Crippen molar-refractivity contribution in [3.8, 4) is 17.2 Å². The fourth-order valence-corrected chi connectivity index (χ4v) is 2.13. The van der Waals surface area contributed by atoms with E-state index >= 15 is 0 Å². The van der Waals surface area contributed by atoms with E-state index in [1.54, 1.807) is 0 Å². The summed E-state index contributed by atoms with van der Waals surface area (Å²) in [5.74, 6) is -2.56. The van der Waals surface area contributed by atoms with Crippen LogP contribution in [0.2, 0.25) is 0 Å². The second-order valence-corrected chi connectivity index (χ2v) is 6.73. The third-order valence-electron chi connectivity index (χ3n) is 3.80. The van der Waals surface area contributed by atoms with Crippen molar-refractivity contribution in [3.63, 3.8) is 0 Å². The Kier molecular flexibility index (Phi) is 13.2. The van der Waals surface area contributed by atoms with Gasteiger partial charge in [0, 0.05) is 13.2 Å². The minimum absolute atomic E-state index is 0.289. The molecule has 1 rings (SSSR count). The second-order valence-electron chi connectivity index (χ2n) is 6.73. The molecule has 0 heterocycles. The van der Waals surface area contributed by atoms with Crippen LogP contribution in [0.25, 0.3) is 0 Å². The molecule has 150 valence electrons. The quantitative estimate of drug-likeness (QED) is 0.326. The highest BCUT2D eigenvalue weighted by molar-refractivity contribution is 5.89. The summed E-state index contributed by atoms with van der Waals surface area (Å²) in [6.07, 6.45) is 9.34. The minimum Gasteiger partial charge on any atom is -0.504 e. The van der Waals surface area contributed by atoms with Crippen molar-refractivity contribution >= 4 is 5.97 Å². The lowest BCUT2D eigenvalue weighted by atomic mass is 10.1. The molecule has 0 saturated heterocycles. The van der Waals surface area contributed by atoms with E-state index in [0.717, 1.165) is 31.3 Å². The van der Waals surface area contributed by atoms with Crippen molar-refractivity contribution in [1.82, 2.24) is 0 Å². The summed E-state index contributed by atoms with van der Waals surface area (Å²) < 4.78 is 5.55. The zero-order valence-electron chi connectivity index (χ0n) is 16.2. The summed E-state index contributed by atoms with van der Waals surface area (Å²) in [6.45, 7) is 8.67. The van der Waals surface area contributed by atoms with Gasteiger partial charge in [0.15, 0.2) is 17.2 Å². The third kappa shape index (κ3) is 11.6. The lowest BCUT2D eigenvalue weighted by Crippen LogP contribution is -2.00. The SMILES string of the molecule is CCCCCCCCOCCC(C)C.O=C(O)c1cc(O)c(O)c(O)c1. The fraction of sp³-hybridized carbons (Fsp3) is 0.650. The molecule has 6 nitrogen and oxygen atoms in total. The molecule has 1 aromatic rings. The number of aromatic hydroxyl groups is 3. The van der Waals surface area contributed by atoms with E-state index in [4.69, 9.17) is 25.2 Å². The zero-order valence-corrected chi connectivity index (χ0v) is 16.2. The van der Waals surface area contributed by atoms with Crippen molar-refractivity contribution in [2.24, 2.45) is 5.92 Å². The summed E-state index contributed by atoms with van der Waals surface area (Å²) >= 11 is 0. The highest BCUT2D eigenvalue weighted by atomic mass is 16.5. The van der Waals surface area contributed by atoms with Crippen LogP contribution in [0.4, 0.5) is 0 Å². The summed E-state index contributed by atoms with van der Waals surface area (Å²) in [6, 6.07) is 1.69. The first-order valence-electron chi connectivity index (χ1n) is 9.35. The maximum Gasteiger partial charge on any atom is 0.335 e. The minimum atomic E-state index is -1.29. The van der Waals surface area contributed by atoms with Gasteiger partial charge in [0.05, 0.1) is 5.56 Å². The highest BCUT2D eigenvalue weighted by Gasteiger charge is 2.11. The van der Waals surface area contributed by atoms with Crippen LogP contribution < -0.4 is 0 Å². The van der Waals surface area contributed by atoms with Crippen molar-refractivity contribution in [1.29, 1.82) is 0 Å². The van der Waals surface area contributed by atoms with Crippen molar-refractivity contribution in [2.45, 2.75) is 65.7 Å². The van der Waals surface area contributed by atoms with E-state index in [1.807, 2.05) is 0 Å². The Labute approximate surface area is 156 Å². The zero-order chi connectivity index (χ0) is 19.9. The Morgan fingerprint density at radius 1 is 0.962 bits per heavy atom. The predicted octanol–water partition coefficient (Wildman–Crippen LogP) is 4.91. The summed E-state index contributed by atoms with van der Waals surface area (Å²) in [5, 5.41) is 35.0. The number of phenols is 3. The topological polar surface area (TPSA) is 107 Å². The van der Waals surface area contributed by atoms with Gasteiger partial charge in [0.1, 0.15) is 0 Å². The lowest BCUT2D eigenvalue weighted by molar-refractivity contribution is 0.0696. The van der Waals surface area contributed by atoms with Crippen LogP contribution in [-0.4, -0.2) is 39.6 Å². The first-order chi connectivity index (χ1) is 12.3. The highest BCUT2D eigenvalue weighted by Crippen LogP contribution is 2.35. The van der Waals surface area contributed by atoms with Gasteiger partial charge in [-0.15, -0.1) is 0 Å².